The van der Waals surface area contributed by atoms with Crippen molar-refractivity contribution in [1.29, 1.82) is 0 Å². The average Bonchev–Trinajstić information content (AvgIpc) is 3.13. The third-order valence-electron chi connectivity index (χ3n) is 10.6. The number of likely N-dealkylation sites (N-methyl/N-ethyl adjacent to an activating group) is 1. The van der Waals surface area contributed by atoms with E-state index < -0.39 is 0 Å². The lowest BCUT2D eigenvalue weighted by Crippen LogP contribution is -2.44. The Morgan fingerprint density at radius 2 is 0.902 bits per heavy atom. The van der Waals surface area contributed by atoms with Gasteiger partial charge in [0.2, 0.25) is 0 Å². The normalized spacial score (nSPS) is 15.1. The maximum atomic E-state index is 6.28. The highest BCUT2D eigenvalue weighted by Crippen LogP contribution is 2.18. The first-order chi connectivity index (χ1) is 25.2. The van der Waals surface area contributed by atoms with Crippen molar-refractivity contribution in [2.75, 3.05) is 60.2 Å². The van der Waals surface area contributed by atoms with Gasteiger partial charge >= 0.3 is 0 Å². The van der Waals surface area contributed by atoms with Crippen molar-refractivity contribution in [2.45, 2.75) is 187 Å². The van der Waals surface area contributed by atoms with E-state index in [0.717, 1.165) is 45.2 Å². The number of nitrogens with zero attached hydrogens (tertiary/aromatic N) is 2. The van der Waals surface area contributed by atoms with Gasteiger partial charge in [0.25, 0.3) is 0 Å². The molecule has 0 aromatic carbocycles. The van der Waals surface area contributed by atoms with Crippen molar-refractivity contribution in [2.24, 2.45) is 5.92 Å². The van der Waals surface area contributed by atoms with Crippen LogP contribution in [-0.4, -0.2) is 76.0 Å². The second kappa shape index (κ2) is 38.5. The van der Waals surface area contributed by atoms with Gasteiger partial charge < -0.3 is 14.4 Å². The molecular formula is C47H88N2O2. The van der Waals surface area contributed by atoms with Crippen LogP contribution in [0.15, 0.2) is 48.6 Å². The molecule has 1 fully saturated rings. The maximum Gasteiger partial charge on any atom is 0.0644 e. The first-order valence-corrected chi connectivity index (χ1v) is 22.3. The second-order valence-corrected chi connectivity index (χ2v) is 15.7. The lowest BCUT2D eigenvalue weighted by Gasteiger charge is -2.35. The number of hydrogen-bond acceptors (Lipinski definition) is 4. The predicted octanol–water partition coefficient (Wildman–Crippen LogP) is 13.3. The number of rotatable bonds is 37. The van der Waals surface area contributed by atoms with Crippen LogP contribution in [-0.2, 0) is 9.47 Å². The van der Waals surface area contributed by atoms with E-state index >= 15 is 0 Å². The largest absolute Gasteiger partial charge is 0.380 e. The Morgan fingerprint density at radius 3 is 1.31 bits per heavy atom. The molecule has 0 unspecified atom stereocenters. The van der Waals surface area contributed by atoms with E-state index in [1.165, 1.54) is 174 Å². The molecule has 0 N–H and O–H groups in total. The standard InChI is InChI=1S/C47H88N2O2/c1-5-7-9-11-13-15-17-19-21-23-25-27-29-31-33-35-41-50-44-47(49(4)43-46-37-39-48(3)40-38-46)45-51-42-36-34-32-30-28-26-24-22-20-18-16-14-12-10-8-6-2/h13-16,19-22,46-47H,5-12,17-18,23-45H2,1-4H3/b15-13-,16-14-,21-19-,22-20-. The number of hydrogen-bond donors (Lipinski definition) is 0. The zero-order chi connectivity index (χ0) is 36.7. The topological polar surface area (TPSA) is 24.9 Å². The molecule has 1 rings (SSSR count). The molecule has 51 heavy (non-hydrogen) atoms. The summed E-state index contributed by atoms with van der Waals surface area (Å²) < 4.78 is 12.6. The summed E-state index contributed by atoms with van der Waals surface area (Å²) in [5.74, 6) is 0.800. The lowest BCUT2D eigenvalue weighted by molar-refractivity contribution is 0.00436. The predicted molar refractivity (Wildman–Crippen MR) is 227 cm³/mol. The van der Waals surface area contributed by atoms with Gasteiger partial charge in [-0.25, -0.2) is 0 Å². The molecule has 0 aromatic rings. The Kier molecular flexibility index (Phi) is 36.1. The van der Waals surface area contributed by atoms with Gasteiger partial charge in [0.1, 0.15) is 0 Å². The molecular weight excluding hydrogens is 625 g/mol. The van der Waals surface area contributed by atoms with Gasteiger partial charge in [0.05, 0.1) is 19.3 Å². The minimum absolute atomic E-state index is 0.360. The van der Waals surface area contributed by atoms with Crippen LogP contribution in [0.3, 0.4) is 0 Å². The monoisotopic (exact) mass is 713 g/mol. The highest BCUT2D eigenvalue weighted by atomic mass is 16.5. The summed E-state index contributed by atoms with van der Waals surface area (Å²) >= 11 is 0. The fourth-order valence-corrected chi connectivity index (χ4v) is 6.93. The molecule has 1 aliphatic heterocycles. The highest BCUT2D eigenvalue weighted by Gasteiger charge is 2.22. The quantitative estimate of drug-likeness (QED) is 0.0473. The van der Waals surface area contributed by atoms with E-state index in [9.17, 15) is 0 Å². The zero-order valence-corrected chi connectivity index (χ0v) is 34.8. The average molecular weight is 713 g/mol. The number of unbranched alkanes of at least 4 members (excludes halogenated alkanes) is 18. The first-order valence-electron chi connectivity index (χ1n) is 22.3. The van der Waals surface area contributed by atoms with Gasteiger partial charge in [0.15, 0.2) is 0 Å². The van der Waals surface area contributed by atoms with Crippen LogP contribution in [0, 0.1) is 5.92 Å². The van der Waals surface area contributed by atoms with E-state index in [0.29, 0.717) is 6.04 Å². The molecule has 0 spiro atoms. The number of likely N-dealkylation sites (tertiary alicyclic amines) is 1. The molecule has 0 aromatic heterocycles. The summed E-state index contributed by atoms with van der Waals surface area (Å²) in [6, 6.07) is 0.360. The van der Waals surface area contributed by atoms with Gasteiger partial charge in [-0.05, 0) is 123 Å². The SMILES string of the molecule is CCCCC/C=C\C/C=C\CCCCCCCCOCC(COCCCCCCCC/C=C\C/C=C\CCCCC)N(C)CC1CCN(C)CC1. The maximum absolute atomic E-state index is 6.28. The molecule has 1 heterocycles. The van der Waals surface area contributed by atoms with Crippen LogP contribution in [0.25, 0.3) is 0 Å². The van der Waals surface area contributed by atoms with Crippen molar-refractivity contribution in [3.8, 4) is 0 Å². The van der Waals surface area contributed by atoms with Crippen LogP contribution in [0.1, 0.15) is 181 Å². The van der Waals surface area contributed by atoms with E-state index in [4.69, 9.17) is 9.47 Å². The lowest BCUT2D eigenvalue weighted by atomic mass is 9.96. The number of ether oxygens (including phenoxy) is 2. The Hall–Kier alpha value is -1.20. The highest BCUT2D eigenvalue weighted by molar-refractivity contribution is 4.93. The van der Waals surface area contributed by atoms with E-state index in [1.54, 1.807) is 0 Å². The number of piperidine rings is 1. The molecule has 298 valence electrons. The molecule has 0 amide bonds. The Balaban J connectivity index is 2.12. The van der Waals surface area contributed by atoms with Gasteiger partial charge in [-0.15, -0.1) is 0 Å². The van der Waals surface area contributed by atoms with Crippen molar-refractivity contribution in [3.05, 3.63) is 48.6 Å². The Labute approximate surface area is 320 Å². The fraction of sp³-hybridized carbons (Fsp3) is 0.830. The summed E-state index contributed by atoms with van der Waals surface area (Å²) in [5.41, 5.74) is 0. The molecule has 4 heteroatoms. The summed E-state index contributed by atoms with van der Waals surface area (Å²) in [6.45, 7) is 11.5. The summed E-state index contributed by atoms with van der Waals surface area (Å²) in [5, 5.41) is 0. The molecule has 0 radical (unpaired) electrons. The van der Waals surface area contributed by atoms with Crippen LogP contribution in [0.4, 0.5) is 0 Å². The van der Waals surface area contributed by atoms with Crippen molar-refractivity contribution in [1.82, 2.24) is 9.80 Å². The summed E-state index contributed by atoms with van der Waals surface area (Å²) in [4.78, 5) is 5.02. The third kappa shape index (κ3) is 33.1. The molecule has 1 aliphatic rings. The van der Waals surface area contributed by atoms with E-state index in [2.05, 4.69) is 86.4 Å². The molecule has 4 nitrogen and oxygen atoms in total. The summed E-state index contributed by atoms with van der Waals surface area (Å²) in [7, 11) is 4.56. The van der Waals surface area contributed by atoms with Crippen LogP contribution < -0.4 is 0 Å². The van der Waals surface area contributed by atoms with E-state index in [-0.39, 0.29) is 0 Å². The third-order valence-corrected chi connectivity index (χ3v) is 10.6. The smallest absolute Gasteiger partial charge is 0.0644 e. The first kappa shape index (κ1) is 47.8. The van der Waals surface area contributed by atoms with Crippen molar-refractivity contribution < 1.29 is 9.47 Å². The van der Waals surface area contributed by atoms with Crippen LogP contribution >= 0.6 is 0 Å². The van der Waals surface area contributed by atoms with E-state index in [1.807, 2.05) is 0 Å². The molecule has 0 saturated carbocycles. The van der Waals surface area contributed by atoms with Crippen LogP contribution in [0.2, 0.25) is 0 Å². The fourth-order valence-electron chi connectivity index (χ4n) is 6.93. The van der Waals surface area contributed by atoms with Gasteiger partial charge in [0, 0.05) is 19.8 Å². The van der Waals surface area contributed by atoms with Gasteiger partial charge in [-0.2, -0.15) is 0 Å². The Bertz CT molecular complexity index is 761. The molecule has 0 aliphatic carbocycles. The molecule has 0 atom stereocenters. The molecule has 1 saturated heterocycles. The van der Waals surface area contributed by atoms with Crippen molar-refractivity contribution >= 4 is 0 Å². The Morgan fingerprint density at radius 1 is 0.529 bits per heavy atom. The van der Waals surface area contributed by atoms with Gasteiger partial charge in [-0.3, -0.25) is 4.90 Å². The van der Waals surface area contributed by atoms with Crippen LogP contribution in [0.5, 0.6) is 0 Å². The molecule has 0 bridgehead atoms. The minimum Gasteiger partial charge on any atom is -0.380 e. The zero-order valence-electron chi connectivity index (χ0n) is 34.8. The van der Waals surface area contributed by atoms with Gasteiger partial charge in [-0.1, -0.05) is 140 Å². The summed E-state index contributed by atoms with van der Waals surface area (Å²) in [6.07, 6.45) is 52.3. The number of allylic oxidation sites excluding steroid dienone is 8. The van der Waals surface area contributed by atoms with Crippen molar-refractivity contribution in [3.63, 3.8) is 0 Å². The second-order valence-electron chi connectivity index (χ2n) is 15.7. The minimum atomic E-state index is 0.360.